The summed E-state index contributed by atoms with van der Waals surface area (Å²) in [7, 11) is 0. The van der Waals surface area contributed by atoms with E-state index in [1.807, 2.05) is 0 Å². The zero-order valence-corrected chi connectivity index (χ0v) is 10.5. The third-order valence-corrected chi connectivity index (χ3v) is 2.65. The van der Waals surface area contributed by atoms with E-state index >= 15 is 0 Å². The molecule has 0 aromatic carbocycles. The number of carbonyl (C=O) groups is 1. The molecule has 0 aliphatic rings. The summed E-state index contributed by atoms with van der Waals surface area (Å²) >= 11 is 0. The second kappa shape index (κ2) is 8.53. The van der Waals surface area contributed by atoms with Gasteiger partial charge < -0.3 is 14.9 Å². The number of hydrogen-bond donors (Lipinski definition) is 2. The lowest BCUT2D eigenvalue weighted by atomic mass is 10.1. The summed E-state index contributed by atoms with van der Waals surface area (Å²) in [6.07, 6.45) is 2.79. The van der Waals surface area contributed by atoms with Gasteiger partial charge in [0.2, 0.25) is 0 Å². The van der Waals surface area contributed by atoms with Crippen molar-refractivity contribution in [3.8, 4) is 0 Å². The van der Waals surface area contributed by atoms with Crippen molar-refractivity contribution in [2.24, 2.45) is 0 Å². The third-order valence-electron chi connectivity index (χ3n) is 2.65. The van der Waals surface area contributed by atoms with Crippen molar-refractivity contribution in [2.45, 2.75) is 71.2 Å². The van der Waals surface area contributed by atoms with Crippen molar-refractivity contribution in [2.75, 3.05) is 0 Å². The molecule has 4 nitrogen and oxygen atoms in total. The lowest BCUT2D eigenvalue weighted by Gasteiger charge is -2.21. The van der Waals surface area contributed by atoms with E-state index in [9.17, 15) is 9.90 Å². The van der Waals surface area contributed by atoms with Crippen molar-refractivity contribution in [3.05, 3.63) is 0 Å². The molecule has 0 bridgehead atoms. The Morgan fingerprint density at radius 3 is 2.31 bits per heavy atom. The number of rotatable bonds is 9. The van der Waals surface area contributed by atoms with Crippen LogP contribution in [0.1, 0.15) is 52.9 Å². The Kier molecular flexibility index (Phi) is 8.21. The van der Waals surface area contributed by atoms with E-state index in [0.717, 1.165) is 25.7 Å². The van der Waals surface area contributed by atoms with Gasteiger partial charge in [-0.25, -0.2) is 4.79 Å². The molecule has 0 rings (SSSR count). The smallest absolute Gasteiger partial charge is 0.332 e. The highest BCUT2D eigenvalue weighted by Gasteiger charge is 2.22. The molecule has 96 valence electrons. The normalized spacial score (nSPS) is 16.8. The van der Waals surface area contributed by atoms with E-state index in [2.05, 4.69) is 6.92 Å². The van der Waals surface area contributed by atoms with Gasteiger partial charge in [-0.05, 0) is 20.3 Å². The molecule has 0 fully saturated rings. The Bertz CT molecular complexity index is 191. The fraction of sp³-hybridized carbons (Fsp3) is 0.917. The molecule has 0 spiro atoms. The van der Waals surface area contributed by atoms with Crippen molar-refractivity contribution >= 4 is 5.97 Å². The first kappa shape index (κ1) is 15.4. The average Bonchev–Trinajstić information content (AvgIpc) is 2.21. The van der Waals surface area contributed by atoms with Gasteiger partial charge in [0, 0.05) is 0 Å². The Morgan fingerprint density at radius 1 is 1.25 bits per heavy atom. The van der Waals surface area contributed by atoms with Crippen LogP contribution in [0, 0.1) is 0 Å². The number of carboxylic acid groups (broad SMARTS) is 1. The fourth-order valence-electron chi connectivity index (χ4n) is 1.38. The first-order valence-corrected chi connectivity index (χ1v) is 6.05. The summed E-state index contributed by atoms with van der Waals surface area (Å²) < 4.78 is 5.30. The zero-order valence-electron chi connectivity index (χ0n) is 10.5. The van der Waals surface area contributed by atoms with Crippen LogP contribution in [0.15, 0.2) is 0 Å². The van der Waals surface area contributed by atoms with E-state index in [1.54, 1.807) is 13.8 Å². The molecular formula is C12H24O4. The van der Waals surface area contributed by atoms with E-state index in [-0.39, 0.29) is 0 Å². The van der Waals surface area contributed by atoms with Gasteiger partial charge in [-0.2, -0.15) is 0 Å². The standard InChI is InChI=1S/C12H24O4/c1-4-5-6-7-8-11(12(14)15)16-10(3)9(2)13/h9-11,13H,4-8H2,1-3H3,(H,14,15). The molecule has 3 unspecified atom stereocenters. The number of ether oxygens (including phenoxy) is 1. The Morgan fingerprint density at radius 2 is 1.88 bits per heavy atom. The maximum absolute atomic E-state index is 10.9. The SMILES string of the molecule is CCCCCCC(OC(C)C(C)O)C(=O)O. The van der Waals surface area contributed by atoms with Gasteiger partial charge in [0.25, 0.3) is 0 Å². The second-order valence-corrected chi connectivity index (χ2v) is 4.26. The molecule has 16 heavy (non-hydrogen) atoms. The summed E-state index contributed by atoms with van der Waals surface area (Å²) in [6.45, 7) is 5.40. The van der Waals surface area contributed by atoms with Crippen LogP contribution in [-0.4, -0.2) is 34.5 Å². The summed E-state index contributed by atoms with van der Waals surface area (Å²) in [5.41, 5.74) is 0. The van der Waals surface area contributed by atoms with Crippen LogP contribution >= 0.6 is 0 Å². The van der Waals surface area contributed by atoms with Crippen LogP contribution in [0.5, 0.6) is 0 Å². The quantitative estimate of drug-likeness (QED) is 0.598. The molecule has 0 aromatic rings. The molecule has 0 amide bonds. The molecule has 0 aromatic heterocycles. The average molecular weight is 232 g/mol. The lowest BCUT2D eigenvalue weighted by molar-refractivity contribution is -0.158. The second-order valence-electron chi connectivity index (χ2n) is 4.26. The number of unbranched alkanes of at least 4 members (excludes halogenated alkanes) is 3. The zero-order chi connectivity index (χ0) is 12.6. The summed E-state index contributed by atoms with van der Waals surface area (Å²) in [5, 5.41) is 18.2. The van der Waals surface area contributed by atoms with Crippen molar-refractivity contribution in [1.29, 1.82) is 0 Å². The largest absolute Gasteiger partial charge is 0.479 e. The van der Waals surface area contributed by atoms with Crippen molar-refractivity contribution in [3.63, 3.8) is 0 Å². The van der Waals surface area contributed by atoms with Crippen LogP contribution in [-0.2, 0) is 9.53 Å². The summed E-state index contributed by atoms with van der Waals surface area (Å²) in [5.74, 6) is -0.941. The predicted molar refractivity (Wildman–Crippen MR) is 62.4 cm³/mol. The molecule has 4 heteroatoms. The maximum atomic E-state index is 10.9. The van der Waals surface area contributed by atoms with E-state index in [1.165, 1.54) is 0 Å². The first-order valence-electron chi connectivity index (χ1n) is 6.05. The Labute approximate surface area is 97.6 Å². The van der Waals surface area contributed by atoms with Crippen LogP contribution in [0.4, 0.5) is 0 Å². The molecule has 0 radical (unpaired) electrons. The van der Waals surface area contributed by atoms with Crippen LogP contribution < -0.4 is 0 Å². The van der Waals surface area contributed by atoms with Gasteiger partial charge in [-0.15, -0.1) is 0 Å². The molecule has 3 atom stereocenters. The minimum Gasteiger partial charge on any atom is -0.479 e. The van der Waals surface area contributed by atoms with Crippen LogP contribution in [0.2, 0.25) is 0 Å². The van der Waals surface area contributed by atoms with Gasteiger partial charge in [0.1, 0.15) is 0 Å². The molecule has 0 saturated carbocycles. The van der Waals surface area contributed by atoms with Gasteiger partial charge in [-0.3, -0.25) is 0 Å². The van der Waals surface area contributed by atoms with Crippen molar-refractivity contribution < 1.29 is 19.7 Å². The minimum atomic E-state index is -0.941. The Hall–Kier alpha value is -0.610. The highest BCUT2D eigenvalue weighted by atomic mass is 16.5. The van der Waals surface area contributed by atoms with Gasteiger partial charge >= 0.3 is 5.97 Å². The lowest BCUT2D eigenvalue weighted by Crippen LogP contribution is -2.33. The number of aliphatic carboxylic acids is 1. The van der Waals surface area contributed by atoms with E-state index in [0.29, 0.717) is 6.42 Å². The molecule has 0 saturated heterocycles. The summed E-state index contributed by atoms with van der Waals surface area (Å²) in [4.78, 5) is 10.9. The molecule has 0 heterocycles. The van der Waals surface area contributed by atoms with E-state index in [4.69, 9.17) is 9.84 Å². The van der Waals surface area contributed by atoms with Crippen LogP contribution in [0.3, 0.4) is 0 Å². The van der Waals surface area contributed by atoms with Crippen molar-refractivity contribution in [1.82, 2.24) is 0 Å². The third kappa shape index (κ3) is 6.80. The first-order chi connectivity index (χ1) is 7.49. The highest BCUT2D eigenvalue weighted by molar-refractivity contribution is 5.72. The summed E-state index contributed by atoms with van der Waals surface area (Å²) in [6, 6.07) is 0. The molecular weight excluding hydrogens is 208 g/mol. The van der Waals surface area contributed by atoms with E-state index < -0.39 is 24.3 Å². The minimum absolute atomic E-state index is 0.438. The monoisotopic (exact) mass is 232 g/mol. The van der Waals surface area contributed by atoms with Gasteiger partial charge in [-0.1, -0.05) is 32.6 Å². The van der Waals surface area contributed by atoms with Gasteiger partial charge in [0.15, 0.2) is 6.10 Å². The molecule has 2 N–H and O–H groups in total. The molecule has 0 aliphatic heterocycles. The number of aliphatic hydroxyl groups excluding tert-OH is 1. The molecule has 0 aliphatic carbocycles. The highest BCUT2D eigenvalue weighted by Crippen LogP contribution is 2.12. The Balaban J connectivity index is 3.93. The van der Waals surface area contributed by atoms with Crippen LogP contribution in [0.25, 0.3) is 0 Å². The van der Waals surface area contributed by atoms with Gasteiger partial charge in [0.05, 0.1) is 12.2 Å². The number of carboxylic acids is 1. The number of aliphatic hydroxyl groups is 1. The topological polar surface area (TPSA) is 66.8 Å². The fourth-order valence-corrected chi connectivity index (χ4v) is 1.38. The maximum Gasteiger partial charge on any atom is 0.332 e. The predicted octanol–water partition coefficient (Wildman–Crippen LogP) is 2.20. The number of hydrogen-bond acceptors (Lipinski definition) is 3.